The molecule has 1 atom stereocenters. The molecule has 0 aromatic heterocycles. The molecular formula is C9H16N2O2. The van der Waals surface area contributed by atoms with Crippen LogP contribution in [0.5, 0.6) is 0 Å². The van der Waals surface area contributed by atoms with E-state index in [1.54, 1.807) is 0 Å². The smallest absolute Gasteiger partial charge is 0.404 e. The predicted molar refractivity (Wildman–Crippen MR) is 48.6 cm³/mol. The van der Waals surface area contributed by atoms with Crippen LogP contribution in [0.2, 0.25) is 0 Å². The molecule has 0 aliphatic heterocycles. The molecular weight excluding hydrogens is 168 g/mol. The first-order chi connectivity index (χ1) is 6.25. The molecule has 74 valence electrons. The summed E-state index contributed by atoms with van der Waals surface area (Å²) in [4.78, 5) is 10.1. The molecule has 1 amide bonds. The summed E-state index contributed by atoms with van der Waals surface area (Å²) in [6.45, 7) is 1.28. The van der Waals surface area contributed by atoms with Crippen LogP contribution in [0.15, 0.2) is 0 Å². The van der Waals surface area contributed by atoms with E-state index < -0.39 is 6.09 Å². The summed E-state index contributed by atoms with van der Waals surface area (Å²) in [6, 6.07) is 0.667. The minimum atomic E-state index is -0.933. The summed E-state index contributed by atoms with van der Waals surface area (Å²) >= 11 is 0. The van der Waals surface area contributed by atoms with Crippen molar-refractivity contribution in [3.8, 4) is 0 Å². The van der Waals surface area contributed by atoms with Gasteiger partial charge in [-0.3, -0.25) is 0 Å². The van der Waals surface area contributed by atoms with Crippen molar-refractivity contribution in [2.24, 2.45) is 11.8 Å². The molecule has 0 aromatic carbocycles. The molecule has 3 aliphatic carbocycles. The molecule has 0 radical (unpaired) electrons. The van der Waals surface area contributed by atoms with Crippen LogP contribution in [-0.2, 0) is 0 Å². The van der Waals surface area contributed by atoms with Crippen molar-refractivity contribution >= 4 is 6.09 Å². The van der Waals surface area contributed by atoms with Gasteiger partial charge in [-0.15, -0.1) is 0 Å². The van der Waals surface area contributed by atoms with E-state index in [9.17, 15) is 4.79 Å². The van der Waals surface area contributed by atoms with Crippen LogP contribution in [0, 0.1) is 11.8 Å². The Morgan fingerprint density at radius 3 is 2.62 bits per heavy atom. The molecule has 3 saturated carbocycles. The van der Waals surface area contributed by atoms with Gasteiger partial charge in [0.2, 0.25) is 0 Å². The molecule has 0 saturated heterocycles. The van der Waals surface area contributed by atoms with Gasteiger partial charge in [0, 0.05) is 19.1 Å². The second-order valence-corrected chi connectivity index (χ2v) is 4.13. The van der Waals surface area contributed by atoms with Gasteiger partial charge in [-0.05, 0) is 31.1 Å². The number of nitrogens with one attached hydrogen (secondary N) is 2. The lowest BCUT2D eigenvalue weighted by molar-refractivity contribution is 0.194. The van der Waals surface area contributed by atoms with E-state index in [-0.39, 0.29) is 0 Å². The van der Waals surface area contributed by atoms with Gasteiger partial charge in [0.25, 0.3) is 0 Å². The second kappa shape index (κ2) is 3.54. The Labute approximate surface area is 77.7 Å². The van der Waals surface area contributed by atoms with E-state index in [0.29, 0.717) is 12.6 Å². The number of carboxylic acid groups (broad SMARTS) is 1. The maximum absolute atomic E-state index is 10.1. The average Bonchev–Trinajstić information content (AvgIpc) is 2.53. The Balaban J connectivity index is 1.56. The van der Waals surface area contributed by atoms with Crippen molar-refractivity contribution in [3.05, 3.63) is 0 Å². The van der Waals surface area contributed by atoms with Crippen LogP contribution in [0.1, 0.15) is 19.3 Å². The number of carbonyl (C=O) groups is 1. The third-order valence-electron chi connectivity index (χ3n) is 3.24. The molecule has 3 fully saturated rings. The van der Waals surface area contributed by atoms with Gasteiger partial charge in [-0.1, -0.05) is 0 Å². The van der Waals surface area contributed by atoms with Gasteiger partial charge in [0.1, 0.15) is 0 Å². The molecule has 0 aromatic rings. The van der Waals surface area contributed by atoms with E-state index in [1.165, 1.54) is 19.3 Å². The lowest BCUT2D eigenvalue weighted by Crippen LogP contribution is -2.37. The van der Waals surface area contributed by atoms with Crippen molar-refractivity contribution < 1.29 is 9.90 Å². The normalized spacial score (nSPS) is 35.5. The van der Waals surface area contributed by atoms with Crippen LogP contribution in [0.4, 0.5) is 4.79 Å². The number of hydrogen-bond donors (Lipinski definition) is 3. The van der Waals surface area contributed by atoms with Crippen molar-refractivity contribution in [3.63, 3.8) is 0 Å². The zero-order chi connectivity index (χ0) is 9.26. The lowest BCUT2D eigenvalue weighted by atomic mass is 9.84. The van der Waals surface area contributed by atoms with E-state index in [4.69, 9.17) is 5.11 Å². The highest BCUT2D eigenvalue weighted by Crippen LogP contribution is 2.48. The molecule has 0 spiro atoms. The molecule has 4 nitrogen and oxygen atoms in total. The van der Waals surface area contributed by atoms with Gasteiger partial charge >= 0.3 is 6.09 Å². The van der Waals surface area contributed by atoms with E-state index in [0.717, 1.165) is 18.4 Å². The van der Waals surface area contributed by atoms with Crippen molar-refractivity contribution in [2.75, 3.05) is 13.1 Å². The number of amides is 1. The summed E-state index contributed by atoms with van der Waals surface area (Å²) in [5.74, 6) is 1.85. The lowest BCUT2D eigenvalue weighted by Gasteiger charge is -2.24. The quantitative estimate of drug-likeness (QED) is 0.562. The molecule has 1 unspecified atom stereocenters. The summed E-state index contributed by atoms with van der Waals surface area (Å²) in [7, 11) is 0. The second-order valence-electron chi connectivity index (χ2n) is 4.13. The first-order valence-corrected chi connectivity index (χ1v) is 4.96. The van der Waals surface area contributed by atoms with E-state index in [1.807, 2.05) is 0 Å². The molecule has 0 heterocycles. The van der Waals surface area contributed by atoms with E-state index >= 15 is 0 Å². The first-order valence-electron chi connectivity index (χ1n) is 4.96. The Morgan fingerprint density at radius 2 is 2.08 bits per heavy atom. The monoisotopic (exact) mass is 184 g/mol. The van der Waals surface area contributed by atoms with Crippen LogP contribution < -0.4 is 10.6 Å². The average molecular weight is 184 g/mol. The van der Waals surface area contributed by atoms with Crippen LogP contribution in [0.3, 0.4) is 0 Å². The van der Waals surface area contributed by atoms with Gasteiger partial charge in [-0.25, -0.2) is 4.79 Å². The number of rotatable bonds is 4. The predicted octanol–water partition coefficient (Wildman–Crippen LogP) is 0.642. The maximum Gasteiger partial charge on any atom is 0.404 e. The largest absolute Gasteiger partial charge is 0.465 e. The van der Waals surface area contributed by atoms with Gasteiger partial charge in [0.15, 0.2) is 0 Å². The zero-order valence-corrected chi connectivity index (χ0v) is 7.62. The maximum atomic E-state index is 10.1. The van der Waals surface area contributed by atoms with Crippen molar-refractivity contribution in [1.82, 2.24) is 10.6 Å². The summed E-state index contributed by atoms with van der Waals surface area (Å²) in [6.07, 6.45) is 3.16. The van der Waals surface area contributed by atoms with Crippen LogP contribution in [0.25, 0.3) is 0 Å². The van der Waals surface area contributed by atoms with Crippen molar-refractivity contribution in [1.29, 1.82) is 0 Å². The number of fused-ring (bicyclic) bond motifs is 1. The van der Waals surface area contributed by atoms with Gasteiger partial charge in [-0.2, -0.15) is 0 Å². The summed E-state index contributed by atoms with van der Waals surface area (Å²) in [5, 5.41) is 14.1. The van der Waals surface area contributed by atoms with Crippen LogP contribution in [-0.4, -0.2) is 30.3 Å². The molecule has 3 rings (SSSR count). The highest BCUT2D eigenvalue weighted by atomic mass is 16.4. The fourth-order valence-corrected chi connectivity index (χ4v) is 2.54. The summed E-state index contributed by atoms with van der Waals surface area (Å²) < 4.78 is 0. The number of hydrogen-bond acceptors (Lipinski definition) is 2. The molecule has 2 bridgehead atoms. The highest BCUT2D eigenvalue weighted by Gasteiger charge is 2.43. The topological polar surface area (TPSA) is 61.4 Å². The minimum Gasteiger partial charge on any atom is -0.465 e. The summed E-state index contributed by atoms with van der Waals surface area (Å²) in [5.41, 5.74) is 0. The Morgan fingerprint density at radius 1 is 1.31 bits per heavy atom. The fraction of sp³-hybridized carbons (Fsp3) is 0.889. The molecule has 3 N–H and O–H groups in total. The first kappa shape index (κ1) is 8.81. The van der Waals surface area contributed by atoms with Crippen molar-refractivity contribution in [2.45, 2.75) is 25.3 Å². The fourth-order valence-electron chi connectivity index (χ4n) is 2.54. The van der Waals surface area contributed by atoms with Crippen LogP contribution >= 0.6 is 0 Å². The molecule has 3 aliphatic rings. The standard InChI is InChI=1S/C9H16N2O2/c12-9(13)11-2-1-10-8-5-6-3-7(8)4-6/h6-8,10-11H,1-5H2,(H,12,13). The SMILES string of the molecule is O=C(O)NCCNC1CC2CC1C2. The van der Waals surface area contributed by atoms with Gasteiger partial charge < -0.3 is 15.7 Å². The van der Waals surface area contributed by atoms with Gasteiger partial charge in [0.05, 0.1) is 0 Å². The third kappa shape index (κ3) is 1.94. The zero-order valence-electron chi connectivity index (χ0n) is 7.62. The Hall–Kier alpha value is -0.770. The molecule has 4 heteroatoms. The third-order valence-corrected chi connectivity index (χ3v) is 3.24. The van der Waals surface area contributed by atoms with E-state index in [2.05, 4.69) is 10.6 Å². The Bertz CT molecular complexity index is 202. The highest BCUT2D eigenvalue weighted by molar-refractivity contribution is 5.64. The minimum absolute atomic E-state index is 0.517. The Kier molecular flexibility index (Phi) is 2.40. The molecule has 13 heavy (non-hydrogen) atoms.